The molecule has 0 spiro atoms. The number of unbranched alkanes of at least 4 members (excludes halogenated alkanes) is 13. The van der Waals surface area contributed by atoms with Crippen LogP contribution in [-0.2, 0) is 4.74 Å². The zero-order valence-corrected chi connectivity index (χ0v) is 22.8. The lowest BCUT2D eigenvalue weighted by Gasteiger charge is -2.14. The predicted molar refractivity (Wildman–Crippen MR) is 152 cm³/mol. The van der Waals surface area contributed by atoms with Crippen molar-refractivity contribution in [2.45, 2.75) is 122 Å². The quantitative estimate of drug-likeness (QED) is 0.180. The Kier molecular flexibility index (Phi) is 16.3. The van der Waals surface area contributed by atoms with E-state index in [1.807, 2.05) is 42.5 Å². The second-order valence-electron chi connectivity index (χ2n) is 10.4. The van der Waals surface area contributed by atoms with Crippen LogP contribution in [0.3, 0.4) is 0 Å². The fraction of sp³-hybridized carbons (Fsp3) is 0.636. The lowest BCUT2D eigenvalue weighted by atomic mass is 9.93. The van der Waals surface area contributed by atoms with Crippen molar-refractivity contribution in [3.63, 3.8) is 0 Å². The third-order valence-electron chi connectivity index (χ3n) is 7.24. The molecule has 0 heterocycles. The molecule has 0 fully saturated rings. The van der Waals surface area contributed by atoms with Crippen molar-refractivity contribution in [3.05, 3.63) is 54.1 Å². The number of hydrogen-bond acceptors (Lipinski definition) is 2. The van der Waals surface area contributed by atoms with Gasteiger partial charge in [0.1, 0.15) is 5.75 Å². The fourth-order valence-electron chi connectivity index (χ4n) is 4.88. The van der Waals surface area contributed by atoms with Crippen LogP contribution >= 0.6 is 0 Å². The Balaban J connectivity index is 1.40. The summed E-state index contributed by atoms with van der Waals surface area (Å²) in [5, 5.41) is 10.5. The average Bonchev–Trinajstić information content (AvgIpc) is 2.88. The Hall–Kier alpha value is -1.80. The number of hydrogen-bond donors (Lipinski definition) is 1. The summed E-state index contributed by atoms with van der Waals surface area (Å²) in [5.41, 5.74) is 3.16. The Bertz CT molecular complexity index is 755. The van der Waals surface area contributed by atoms with Gasteiger partial charge in [-0.1, -0.05) is 140 Å². The third-order valence-corrected chi connectivity index (χ3v) is 7.24. The van der Waals surface area contributed by atoms with Gasteiger partial charge in [0, 0.05) is 18.8 Å². The minimum atomic E-state index is 0.370. The normalized spacial score (nSPS) is 12.2. The summed E-state index contributed by atoms with van der Waals surface area (Å²) in [4.78, 5) is 0. The number of benzene rings is 2. The highest BCUT2D eigenvalue weighted by Gasteiger charge is 2.10. The molecule has 2 aromatic carbocycles. The molecule has 0 amide bonds. The lowest BCUT2D eigenvalue weighted by molar-refractivity contribution is 0.125. The van der Waals surface area contributed by atoms with Crippen LogP contribution in [-0.4, -0.2) is 18.3 Å². The van der Waals surface area contributed by atoms with Gasteiger partial charge in [0.15, 0.2) is 0 Å². The number of phenols is 1. The zero-order chi connectivity index (χ0) is 25.0. The van der Waals surface area contributed by atoms with Crippen molar-refractivity contribution in [2.24, 2.45) is 0 Å². The molecule has 0 aliphatic heterocycles. The SMILES string of the molecule is CCCCCCCCCCCCCCCCOCCCC(C)c1ccc(-c2ccccc2)c(O)c1. The number of rotatable bonds is 21. The van der Waals surface area contributed by atoms with Crippen molar-refractivity contribution >= 4 is 0 Å². The van der Waals surface area contributed by atoms with E-state index in [0.717, 1.165) is 37.2 Å². The molecule has 1 unspecified atom stereocenters. The summed E-state index contributed by atoms with van der Waals surface area (Å²) in [6.45, 7) is 6.28. The van der Waals surface area contributed by atoms with E-state index in [4.69, 9.17) is 4.74 Å². The summed E-state index contributed by atoms with van der Waals surface area (Å²) in [5.74, 6) is 0.796. The van der Waals surface area contributed by atoms with Crippen molar-refractivity contribution in [1.29, 1.82) is 0 Å². The first kappa shape index (κ1) is 29.4. The van der Waals surface area contributed by atoms with Crippen molar-refractivity contribution in [2.75, 3.05) is 13.2 Å². The van der Waals surface area contributed by atoms with Crippen LogP contribution in [0.4, 0.5) is 0 Å². The van der Waals surface area contributed by atoms with E-state index in [-0.39, 0.29) is 0 Å². The highest BCUT2D eigenvalue weighted by molar-refractivity contribution is 5.70. The molecule has 0 radical (unpaired) electrons. The molecule has 2 nitrogen and oxygen atoms in total. The first-order valence-corrected chi connectivity index (χ1v) is 14.7. The topological polar surface area (TPSA) is 29.5 Å². The van der Waals surface area contributed by atoms with Crippen LogP contribution in [0.15, 0.2) is 48.5 Å². The van der Waals surface area contributed by atoms with Gasteiger partial charge in [-0.05, 0) is 42.4 Å². The van der Waals surface area contributed by atoms with Gasteiger partial charge >= 0.3 is 0 Å². The summed E-state index contributed by atoms with van der Waals surface area (Å²) in [6.07, 6.45) is 21.7. The lowest BCUT2D eigenvalue weighted by Crippen LogP contribution is -2.00. The maximum atomic E-state index is 10.5. The van der Waals surface area contributed by atoms with E-state index in [1.54, 1.807) is 0 Å². The molecule has 2 heteroatoms. The Labute approximate surface area is 216 Å². The summed E-state index contributed by atoms with van der Waals surface area (Å²) < 4.78 is 5.88. The molecule has 2 rings (SSSR count). The second-order valence-corrected chi connectivity index (χ2v) is 10.4. The van der Waals surface area contributed by atoms with Gasteiger partial charge in [0.05, 0.1) is 0 Å². The Morgan fingerprint density at radius 1 is 0.657 bits per heavy atom. The highest BCUT2D eigenvalue weighted by atomic mass is 16.5. The molecular weight excluding hydrogens is 428 g/mol. The van der Waals surface area contributed by atoms with Gasteiger partial charge in [-0.3, -0.25) is 0 Å². The minimum absolute atomic E-state index is 0.370. The van der Waals surface area contributed by atoms with Crippen LogP contribution in [0.25, 0.3) is 11.1 Å². The maximum absolute atomic E-state index is 10.5. The largest absolute Gasteiger partial charge is 0.507 e. The maximum Gasteiger partial charge on any atom is 0.123 e. The molecule has 35 heavy (non-hydrogen) atoms. The molecule has 0 aliphatic rings. The van der Waals surface area contributed by atoms with Crippen molar-refractivity contribution in [1.82, 2.24) is 0 Å². The van der Waals surface area contributed by atoms with Crippen LogP contribution in [0, 0.1) is 0 Å². The number of phenolic OH excluding ortho intramolecular Hbond substituents is 1. The van der Waals surface area contributed by atoms with Crippen LogP contribution < -0.4 is 0 Å². The van der Waals surface area contributed by atoms with Crippen LogP contribution in [0.2, 0.25) is 0 Å². The fourth-order valence-corrected chi connectivity index (χ4v) is 4.88. The Morgan fingerprint density at radius 2 is 1.20 bits per heavy atom. The summed E-state index contributed by atoms with van der Waals surface area (Å²) >= 11 is 0. The number of ether oxygens (including phenoxy) is 1. The van der Waals surface area contributed by atoms with E-state index >= 15 is 0 Å². The van der Waals surface area contributed by atoms with Gasteiger partial charge < -0.3 is 9.84 Å². The van der Waals surface area contributed by atoms with Gasteiger partial charge in [0.2, 0.25) is 0 Å². The van der Waals surface area contributed by atoms with E-state index in [9.17, 15) is 5.11 Å². The van der Waals surface area contributed by atoms with E-state index in [2.05, 4.69) is 19.9 Å². The molecule has 1 atom stereocenters. The first-order chi connectivity index (χ1) is 17.2. The molecule has 0 aliphatic carbocycles. The van der Waals surface area contributed by atoms with E-state index in [0.29, 0.717) is 11.7 Å². The molecule has 2 aromatic rings. The van der Waals surface area contributed by atoms with Crippen molar-refractivity contribution < 1.29 is 9.84 Å². The predicted octanol–water partition coefficient (Wildman–Crippen LogP) is 10.4. The van der Waals surface area contributed by atoms with Crippen LogP contribution in [0.1, 0.15) is 128 Å². The summed E-state index contributed by atoms with van der Waals surface area (Å²) in [7, 11) is 0. The number of aromatic hydroxyl groups is 1. The molecular formula is C33H52O2. The minimum Gasteiger partial charge on any atom is -0.507 e. The van der Waals surface area contributed by atoms with Gasteiger partial charge in [-0.15, -0.1) is 0 Å². The third kappa shape index (κ3) is 13.2. The van der Waals surface area contributed by atoms with E-state index < -0.39 is 0 Å². The summed E-state index contributed by atoms with van der Waals surface area (Å²) in [6, 6.07) is 16.2. The van der Waals surface area contributed by atoms with Gasteiger partial charge in [0.25, 0.3) is 0 Å². The molecule has 196 valence electrons. The Morgan fingerprint density at radius 3 is 1.77 bits per heavy atom. The average molecular weight is 481 g/mol. The van der Waals surface area contributed by atoms with Crippen LogP contribution in [0.5, 0.6) is 5.75 Å². The van der Waals surface area contributed by atoms with Gasteiger partial charge in [-0.2, -0.15) is 0 Å². The standard InChI is InChI=1S/C33H52O2/c1-3-4-5-6-7-8-9-10-11-12-13-14-15-19-26-35-27-20-21-29(2)31-24-25-32(33(34)28-31)30-22-17-16-18-23-30/h16-18,22-25,28-29,34H,3-15,19-21,26-27H2,1-2H3. The molecule has 0 bridgehead atoms. The first-order valence-electron chi connectivity index (χ1n) is 14.7. The van der Waals surface area contributed by atoms with Gasteiger partial charge in [-0.25, -0.2) is 0 Å². The molecule has 0 saturated carbocycles. The van der Waals surface area contributed by atoms with E-state index in [1.165, 1.54) is 95.5 Å². The molecule has 1 N–H and O–H groups in total. The van der Waals surface area contributed by atoms with Crippen molar-refractivity contribution in [3.8, 4) is 16.9 Å². The molecule has 0 aromatic heterocycles. The highest BCUT2D eigenvalue weighted by Crippen LogP contribution is 2.33. The second kappa shape index (κ2) is 19.4. The monoisotopic (exact) mass is 480 g/mol. The smallest absolute Gasteiger partial charge is 0.123 e. The molecule has 0 saturated heterocycles. The zero-order valence-electron chi connectivity index (χ0n) is 22.8.